The summed E-state index contributed by atoms with van der Waals surface area (Å²) in [5, 5.41) is 22.1. The van der Waals surface area contributed by atoms with Crippen LogP contribution in [0.1, 0.15) is 12.0 Å². The molecule has 0 saturated heterocycles. The maximum absolute atomic E-state index is 10.8. The highest BCUT2D eigenvalue weighted by Crippen LogP contribution is 2.23. The fraction of sp³-hybridized carbons (Fsp3) is 0.308. The van der Waals surface area contributed by atoms with Gasteiger partial charge in [-0.3, -0.25) is 4.79 Å². The highest BCUT2D eigenvalue weighted by molar-refractivity contribution is 6.30. The Morgan fingerprint density at radius 1 is 1.56 bits per heavy atom. The van der Waals surface area contributed by atoms with Gasteiger partial charge in [-0.25, -0.2) is 0 Å². The van der Waals surface area contributed by atoms with Gasteiger partial charge in [0.05, 0.1) is 6.42 Å². The third kappa shape index (κ3) is 4.77. The molecule has 0 aliphatic heterocycles. The van der Waals surface area contributed by atoms with Crippen LogP contribution in [0.5, 0.6) is 5.75 Å². The standard InChI is InChI=1S/C13H16ClNO3/c1-2-5-15-11(8-13(17)18)7-9-6-10(14)3-4-12(9)16/h2-4,6,11,15-16H,1,5,7-8H2,(H,17,18). The third-order valence-corrected chi connectivity index (χ3v) is 2.71. The van der Waals surface area contributed by atoms with Crippen molar-refractivity contribution in [3.63, 3.8) is 0 Å². The molecule has 0 aromatic heterocycles. The topological polar surface area (TPSA) is 69.6 Å². The number of benzene rings is 1. The number of aliphatic carboxylic acids is 1. The second-order valence-electron chi connectivity index (χ2n) is 3.97. The van der Waals surface area contributed by atoms with Crippen molar-refractivity contribution >= 4 is 17.6 Å². The van der Waals surface area contributed by atoms with Crippen LogP contribution >= 0.6 is 11.6 Å². The molecule has 3 N–H and O–H groups in total. The minimum Gasteiger partial charge on any atom is -0.508 e. The van der Waals surface area contributed by atoms with Crippen molar-refractivity contribution in [2.24, 2.45) is 0 Å². The lowest BCUT2D eigenvalue weighted by molar-refractivity contribution is -0.137. The van der Waals surface area contributed by atoms with Crippen molar-refractivity contribution in [1.82, 2.24) is 5.32 Å². The molecule has 18 heavy (non-hydrogen) atoms. The van der Waals surface area contributed by atoms with E-state index in [9.17, 15) is 9.90 Å². The number of nitrogens with one attached hydrogen (secondary N) is 1. The van der Waals surface area contributed by atoms with Crippen LogP contribution in [0.3, 0.4) is 0 Å². The predicted octanol–water partition coefficient (Wildman–Crippen LogP) is 2.21. The summed E-state index contributed by atoms with van der Waals surface area (Å²) in [4.78, 5) is 10.8. The smallest absolute Gasteiger partial charge is 0.304 e. The van der Waals surface area contributed by atoms with Gasteiger partial charge < -0.3 is 15.5 Å². The van der Waals surface area contributed by atoms with E-state index in [2.05, 4.69) is 11.9 Å². The van der Waals surface area contributed by atoms with Gasteiger partial charge in [0.1, 0.15) is 5.75 Å². The SMILES string of the molecule is C=CCNC(CC(=O)O)Cc1cc(Cl)ccc1O. The number of carbonyl (C=O) groups is 1. The Balaban J connectivity index is 2.77. The van der Waals surface area contributed by atoms with Crippen molar-refractivity contribution in [3.05, 3.63) is 41.4 Å². The Hall–Kier alpha value is -1.52. The van der Waals surface area contributed by atoms with Gasteiger partial charge in [0, 0.05) is 17.6 Å². The molecule has 0 heterocycles. The molecule has 1 atom stereocenters. The molecule has 1 rings (SSSR count). The van der Waals surface area contributed by atoms with Crippen molar-refractivity contribution in [1.29, 1.82) is 0 Å². The van der Waals surface area contributed by atoms with Crippen LogP contribution in [0.25, 0.3) is 0 Å². The lowest BCUT2D eigenvalue weighted by Crippen LogP contribution is -2.33. The predicted molar refractivity (Wildman–Crippen MR) is 71.1 cm³/mol. The Morgan fingerprint density at radius 3 is 2.89 bits per heavy atom. The van der Waals surface area contributed by atoms with E-state index in [4.69, 9.17) is 16.7 Å². The zero-order chi connectivity index (χ0) is 13.5. The first-order valence-electron chi connectivity index (χ1n) is 5.56. The average Bonchev–Trinajstić information content (AvgIpc) is 2.30. The number of halogens is 1. The zero-order valence-electron chi connectivity index (χ0n) is 9.90. The van der Waals surface area contributed by atoms with Crippen LogP contribution in [0.2, 0.25) is 5.02 Å². The van der Waals surface area contributed by atoms with Gasteiger partial charge in [0.15, 0.2) is 0 Å². The molecule has 0 aliphatic carbocycles. The number of aromatic hydroxyl groups is 1. The van der Waals surface area contributed by atoms with Crippen LogP contribution in [0.4, 0.5) is 0 Å². The molecule has 0 saturated carbocycles. The van der Waals surface area contributed by atoms with Crippen molar-refractivity contribution in [3.8, 4) is 5.75 Å². The Bertz CT molecular complexity index is 434. The summed E-state index contributed by atoms with van der Waals surface area (Å²) >= 11 is 5.85. The molecule has 0 spiro atoms. The van der Waals surface area contributed by atoms with E-state index in [0.717, 1.165) is 0 Å². The summed E-state index contributed by atoms with van der Waals surface area (Å²) in [7, 11) is 0. The van der Waals surface area contributed by atoms with Gasteiger partial charge in [-0.15, -0.1) is 6.58 Å². The number of hydrogen-bond donors (Lipinski definition) is 3. The van der Waals surface area contributed by atoms with Gasteiger partial charge in [-0.1, -0.05) is 17.7 Å². The summed E-state index contributed by atoms with van der Waals surface area (Å²) in [5.41, 5.74) is 0.630. The molecule has 1 aromatic rings. The maximum Gasteiger partial charge on any atom is 0.304 e. The molecule has 98 valence electrons. The fourth-order valence-corrected chi connectivity index (χ4v) is 1.86. The molecular formula is C13H16ClNO3. The Kier molecular flexibility index (Phi) is 5.68. The van der Waals surface area contributed by atoms with E-state index in [1.807, 2.05) is 0 Å². The highest BCUT2D eigenvalue weighted by Gasteiger charge is 2.15. The van der Waals surface area contributed by atoms with Crippen molar-refractivity contribution in [2.75, 3.05) is 6.54 Å². The minimum absolute atomic E-state index is 0.0280. The molecule has 0 amide bonds. The van der Waals surface area contributed by atoms with Gasteiger partial charge in [0.2, 0.25) is 0 Å². The van der Waals surface area contributed by atoms with Gasteiger partial charge in [-0.05, 0) is 30.2 Å². The van der Waals surface area contributed by atoms with E-state index < -0.39 is 5.97 Å². The maximum atomic E-state index is 10.8. The van der Waals surface area contributed by atoms with E-state index in [1.54, 1.807) is 18.2 Å². The number of carboxylic acids is 1. The van der Waals surface area contributed by atoms with Crippen LogP contribution in [0, 0.1) is 0 Å². The first-order chi connectivity index (χ1) is 8.52. The Labute approximate surface area is 111 Å². The molecule has 0 radical (unpaired) electrons. The average molecular weight is 270 g/mol. The lowest BCUT2D eigenvalue weighted by Gasteiger charge is -2.16. The molecule has 1 unspecified atom stereocenters. The van der Waals surface area contributed by atoms with Gasteiger partial charge >= 0.3 is 5.97 Å². The van der Waals surface area contributed by atoms with Gasteiger partial charge in [0.25, 0.3) is 0 Å². The van der Waals surface area contributed by atoms with E-state index in [0.29, 0.717) is 23.6 Å². The van der Waals surface area contributed by atoms with Crippen LogP contribution < -0.4 is 5.32 Å². The van der Waals surface area contributed by atoms with Crippen LogP contribution in [0.15, 0.2) is 30.9 Å². The van der Waals surface area contributed by atoms with Crippen molar-refractivity contribution < 1.29 is 15.0 Å². The van der Waals surface area contributed by atoms with Gasteiger partial charge in [-0.2, -0.15) is 0 Å². The second-order valence-corrected chi connectivity index (χ2v) is 4.41. The number of carboxylic acid groups (broad SMARTS) is 1. The fourth-order valence-electron chi connectivity index (χ4n) is 1.66. The first kappa shape index (κ1) is 14.5. The van der Waals surface area contributed by atoms with E-state index in [1.165, 1.54) is 6.07 Å². The third-order valence-electron chi connectivity index (χ3n) is 2.48. The number of phenolic OH excluding ortho intramolecular Hbond substituents is 1. The summed E-state index contributed by atoms with van der Waals surface area (Å²) in [6.45, 7) is 4.08. The molecular weight excluding hydrogens is 254 g/mol. The molecule has 4 nitrogen and oxygen atoms in total. The quantitative estimate of drug-likeness (QED) is 0.664. The Morgan fingerprint density at radius 2 is 2.28 bits per heavy atom. The normalized spacial score (nSPS) is 12.1. The summed E-state index contributed by atoms with van der Waals surface area (Å²) in [5.74, 6) is -0.770. The minimum atomic E-state index is -0.891. The zero-order valence-corrected chi connectivity index (χ0v) is 10.7. The van der Waals surface area contributed by atoms with Crippen LogP contribution in [-0.4, -0.2) is 28.8 Å². The molecule has 0 aliphatic rings. The summed E-state index contributed by atoms with van der Waals surface area (Å²) in [6.07, 6.45) is 2.03. The molecule has 0 bridgehead atoms. The lowest BCUT2D eigenvalue weighted by atomic mass is 10.0. The highest BCUT2D eigenvalue weighted by atomic mass is 35.5. The second kappa shape index (κ2) is 7.03. The first-order valence-corrected chi connectivity index (χ1v) is 5.94. The summed E-state index contributed by atoms with van der Waals surface area (Å²) in [6, 6.07) is 4.46. The number of rotatable bonds is 7. The van der Waals surface area contributed by atoms with Crippen molar-refractivity contribution in [2.45, 2.75) is 18.9 Å². The molecule has 5 heteroatoms. The van der Waals surface area contributed by atoms with E-state index in [-0.39, 0.29) is 18.2 Å². The largest absolute Gasteiger partial charge is 0.508 e. The van der Waals surface area contributed by atoms with Crippen LogP contribution in [-0.2, 0) is 11.2 Å². The summed E-state index contributed by atoms with van der Waals surface area (Å²) < 4.78 is 0. The molecule has 0 fully saturated rings. The monoisotopic (exact) mass is 269 g/mol. The molecule has 1 aromatic carbocycles. The number of phenols is 1. The number of hydrogen-bond acceptors (Lipinski definition) is 3. The van der Waals surface area contributed by atoms with E-state index >= 15 is 0 Å².